The molecular formula is C21H28FNO3S. The zero-order valence-corrected chi connectivity index (χ0v) is 17.7. The van der Waals surface area contributed by atoms with E-state index < -0.39 is 21.1 Å². The second-order valence-electron chi connectivity index (χ2n) is 8.43. The fourth-order valence-corrected chi connectivity index (χ4v) is 4.44. The number of methoxy groups -OCH3 is 1. The van der Waals surface area contributed by atoms with Crippen molar-refractivity contribution in [3.63, 3.8) is 0 Å². The molecule has 0 bridgehead atoms. The van der Waals surface area contributed by atoms with Gasteiger partial charge in [0.1, 0.15) is 10.7 Å². The molecule has 148 valence electrons. The molecule has 0 amide bonds. The van der Waals surface area contributed by atoms with Crippen molar-refractivity contribution in [2.24, 2.45) is 0 Å². The van der Waals surface area contributed by atoms with E-state index in [0.29, 0.717) is 12.3 Å². The average molecular weight is 394 g/mol. The minimum Gasteiger partial charge on any atom is -0.481 e. The number of pyridine rings is 1. The Morgan fingerprint density at radius 2 is 1.70 bits per heavy atom. The Balaban J connectivity index is 2.23. The third-order valence-corrected chi connectivity index (χ3v) is 6.60. The number of rotatable bonds is 6. The standard InChI is InChI=1S/C21H28FNO3S/c1-20(2,3)15-7-8-18(17(22)13-15)27(24,25)12-10-21(4,5)16-9-11-23-19(14-16)26-6/h7-9,11,13-14H,10,12H2,1-6H3. The molecular weight excluding hydrogens is 365 g/mol. The van der Waals surface area contributed by atoms with E-state index in [1.54, 1.807) is 18.3 Å². The van der Waals surface area contributed by atoms with Gasteiger partial charge in [0.2, 0.25) is 5.88 Å². The highest BCUT2D eigenvalue weighted by atomic mass is 32.2. The van der Waals surface area contributed by atoms with E-state index in [-0.39, 0.29) is 16.1 Å². The van der Waals surface area contributed by atoms with Gasteiger partial charge in [0.25, 0.3) is 0 Å². The quantitative estimate of drug-likeness (QED) is 0.716. The van der Waals surface area contributed by atoms with Gasteiger partial charge in [-0.15, -0.1) is 0 Å². The summed E-state index contributed by atoms with van der Waals surface area (Å²) in [6.45, 7) is 9.79. The predicted octanol–water partition coefficient (Wildman–Crippen LogP) is 4.67. The maximum Gasteiger partial charge on any atom is 0.213 e. The number of hydrogen-bond acceptors (Lipinski definition) is 4. The van der Waals surface area contributed by atoms with E-state index in [4.69, 9.17) is 4.74 Å². The molecule has 0 aliphatic heterocycles. The van der Waals surface area contributed by atoms with Crippen molar-refractivity contribution >= 4 is 9.84 Å². The van der Waals surface area contributed by atoms with Crippen LogP contribution in [0.15, 0.2) is 41.4 Å². The first kappa shape index (κ1) is 21.4. The van der Waals surface area contributed by atoms with Crippen LogP contribution in [0.2, 0.25) is 0 Å². The third kappa shape index (κ3) is 5.06. The van der Waals surface area contributed by atoms with Crippen molar-refractivity contribution in [1.29, 1.82) is 0 Å². The maximum atomic E-state index is 14.5. The van der Waals surface area contributed by atoms with Gasteiger partial charge in [-0.05, 0) is 46.6 Å². The second-order valence-corrected chi connectivity index (χ2v) is 10.5. The van der Waals surface area contributed by atoms with Crippen LogP contribution in [0.1, 0.15) is 52.2 Å². The number of ether oxygens (including phenoxy) is 1. The average Bonchev–Trinajstić information content (AvgIpc) is 2.59. The summed E-state index contributed by atoms with van der Waals surface area (Å²) >= 11 is 0. The molecule has 0 atom stereocenters. The molecule has 0 radical (unpaired) electrons. The first-order valence-corrected chi connectivity index (χ1v) is 10.6. The highest BCUT2D eigenvalue weighted by Crippen LogP contribution is 2.31. The Morgan fingerprint density at radius 1 is 1.04 bits per heavy atom. The smallest absolute Gasteiger partial charge is 0.213 e. The minimum absolute atomic E-state index is 0.142. The van der Waals surface area contributed by atoms with Gasteiger partial charge in [0.05, 0.1) is 12.9 Å². The summed E-state index contributed by atoms with van der Waals surface area (Å²) in [5.74, 6) is -0.353. The number of hydrogen-bond donors (Lipinski definition) is 0. The van der Waals surface area contributed by atoms with E-state index in [1.807, 2.05) is 40.7 Å². The van der Waals surface area contributed by atoms with Crippen LogP contribution in [0.3, 0.4) is 0 Å². The first-order valence-electron chi connectivity index (χ1n) is 8.90. The van der Waals surface area contributed by atoms with Gasteiger partial charge < -0.3 is 4.74 Å². The molecule has 1 aromatic heterocycles. The summed E-state index contributed by atoms with van der Waals surface area (Å²) in [4.78, 5) is 3.84. The second kappa shape index (κ2) is 7.58. The Kier molecular flexibility index (Phi) is 6.00. The van der Waals surface area contributed by atoms with Crippen LogP contribution in [0.4, 0.5) is 4.39 Å². The van der Waals surface area contributed by atoms with Crippen molar-refractivity contribution in [2.45, 2.75) is 56.8 Å². The molecule has 0 aliphatic carbocycles. The fraction of sp³-hybridized carbons (Fsp3) is 0.476. The molecule has 0 unspecified atom stereocenters. The number of nitrogens with zero attached hydrogens (tertiary/aromatic N) is 1. The molecule has 27 heavy (non-hydrogen) atoms. The lowest BCUT2D eigenvalue weighted by atomic mass is 9.83. The van der Waals surface area contributed by atoms with E-state index in [1.165, 1.54) is 19.2 Å². The molecule has 0 saturated carbocycles. The molecule has 0 spiro atoms. The highest BCUT2D eigenvalue weighted by Gasteiger charge is 2.27. The molecule has 2 aromatic rings. The molecule has 0 N–H and O–H groups in total. The van der Waals surface area contributed by atoms with E-state index >= 15 is 0 Å². The van der Waals surface area contributed by atoms with Crippen LogP contribution in [-0.2, 0) is 20.7 Å². The number of benzene rings is 1. The third-order valence-electron chi connectivity index (χ3n) is 4.85. The van der Waals surface area contributed by atoms with Crippen LogP contribution in [0.25, 0.3) is 0 Å². The minimum atomic E-state index is -3.73. The topological polar surface area (TPSA) is 56.3 Å². The summed E-state index contributed by atoms with van der Waals surface area (Å²) in [6.07, 6.45) is 1.98. The summed E-state index contributed by atoms with van der Waals surface area (Å²) in [6, 6.07) is 8.04. The lowest BCUT2D eigenvalue weighted by molar-refractivity contribution is 0.394. The number of sulfone groups is 1. The van der Waals surface area contributed by atoms with Crippen molar-refractivity contribution in [2.75, 3.05) is 12.9 Å². The van der Waals surface area contributed by atoms with Gasteiger partial charge in [0.15, 0.2) is 9.84 Å². The largest absolute Gasteiger partial charge is 0.481 e. The molecule has 1 heterocycles. The normalized spacial score (nSPS) is 12.9. The Morgan fingerprint density at radius 3 is 2.26 bits per heavy atom. The summed E-state index contributed by atoms with van der Waals surface area (Å²) in [5.41, 5.74) is 1.02. The predicted molar refractivity (Wildman–Crippen MR) is 106 cm³/mol. The summed E-state index contributed by atoms with van der Waals surface area (Å²) in [7, 11) is -2.20. The van der Waals surface area contributed by atoms with Gasteiger partial charge in [-0.3, -0.25) is 0 Å². The van der Waals surface area contributed by atoms with Crippen LogP contribution < -0.4 is 4.74 Å². The van der Waals surface area contributed by atoms with E-state index in [0.717, 1.165) is 11.1 Å². The SMILES string of the molecule is COc1cc(C(C)(C)CCS(=O)(=O)c2ccc(C(C)(C)C)cc2F)ccn1. The molecule has 6 heteroatoms. The van der Waals surface area contributed by atoms with Crippen molar-refractivity contribution < 1.29 is 17.5 Å². The zero-order chi connectivity index (χ0) is 20.5. The number of aromatic nitrogens is 1. The molecule has 1 aromatic carbocycles. The first-order chi connectivity index (χ1) is 12.4. The van der Waals surface area contributed by atoms with Crippen molar-refractivity contribution in [3.05, 3.63) is 53.5 Å². The molecule has 2 rings (SSSR count). The van der Waals surface area contributed by atoms with Crippen LogP contribution in [0.5, 0.6) is 5.88 Å². The lowest BCUT2D eigenvalue weighted by Crippen LogP contribution is -2.23. The van der Waals surface area contributed by atoms with Gasteiger partial charge in [-0.2, -0.15) is 0 Å². The van der Waals surface area contributed by atoms with Crippen LogP contribution >= 0.6 is 0 Å². The Bertz CT molecular complexity index is 915. The lowest BCUT2D eigenvalue weighted by Gasteiger charge is -2.25. The van der Waals surface area contributed by atoms with Gasteiger partial charge in [-0.1, -0.05) is 40.7 Å². The van der Waals surface area contributed by atoms with E-state index in [2.05, 4.69) is 4.98 Å². The monoisotopic (exact) mass is 393 g/mol. The van der Waals surface area contributed by atoms with Crippen molar-refractivity contribution in [3.8, 4) is 5.88 Å². The summed E-state index contributed by atoms with van der Waals surface area (Å²) < 4.78 is 45.1. The van der Waals surface area contributed by atoms with Crippen LogP contribution in [-0.4, -0.2) is 26.3 Å². The van der Waals surface area contributed by atoms with Crippen molar-refractivity contribution in [1.82, 2.24) is 4.98 Å². The molecule has 0 aliphatic rings. The Hall–Kier alpha value is -1.95. The number of halogens is 1. The van der Waals surface area contributed by atoms with Gasteiger partial charge in [-0.25, -0.2) is 17.8 Å². The van der Waals surface area contributed by atoms with Gasteiger partial charge >= 0.3 is 0 Å². The molecule has 4 nitrogen and oxygen atoms in total. The molecule has 0 fully saturated rings. The maximum absolute atomic E-state index is 14.5. The van der Waals surface area contributed by atoms with Gasteiger partial charge in [0, 0.05) is 12.3 Å². The van der Waals surface area contributed by atoms with Crippen LogP contribution in [0, 0.1) is 5.82 Å². The summed E-state index contributed by atoms with van der Waals surface area (Å²) in [5, 5.41) is 0. The fourth-order valence-electron chi connectivity index (χ4n) is 2.81. The Labute approximate surface area is 161 Å². The van der Waals surface area contributed by atoms with E-state index in [9.17, 15) is 12.8 Å². The molecule has 0 saturated heterocycles. The highest BCUT2D eigenvalue weighted by molar-refractivity contribution is 7.91. The zero-order valence-electron chi connectivity index (χ0n) is 16.8.